The number of nitrogens with one attached hydrogen (secondary N) is 1. The Hall–Kier alpha value is -2.23. The summed E-state index contributed by atoms with van der Waals surface area (Å²) in [5.74, 6) is 0. The molecule has 0 aliphatic rings. The summed E-state index contributed by atoms with van der Waals surface area (Å²) in [6.07, 6.45) is 4.26. The lowest BCUT2D eigenvalue weighted by molar-refractivity contribution is -0.109. The van der Waals surface area contributed by atoms with Gasteiger partial charge in [0, 0.05) is 30.2 Å². The molecule has 0 saturated carbocycles. The van der Waals surface area contributed by atoms with Gasteiger partial charge in [-0.1, -0.05) is 6.07 Å². The van der Waals surface area contributed by atoms with Crippen molar-refractivity contribution < 1.29 is 4.79 Å². The number of amides is 1. The Morgan fingerprint density at radius 2 is 2.11 bits per heavy atom. The van der Waals surface area contributed by atoms with Gasteiger partial charge in [-0.3, -0.25) is 14.8 Å². The number of hydrogen-bond donors (Lipinski definition) is 1. The Labute approximate surface area is 106 Å². The zero-order valence-electron chi connectivity index (χ0n) is 10.5. The fourth-order valence-corrected chi connectivity index (χ4v) is 1.88. The van der Waals surface area contributed by atoms with Crippen molar-refractivity contribution in [3.05, 3.63) is 47.4 Å². The van der Waals surface area contributed by atoms with E-state index in [1.807, 2.05) is 32.0 Å². The van der Waals surface area contributed by atoms with E-state index in [1.165, 1.54) is 0 Å². The molecule has 0 atom stereocenters. The number of aryl methyl sites for hydroxylation is 2. The first-order chi connectivity index (χ1) is 8.70. The van der Waals surface area contributed by atoms with Gasteiger partial charge < -0.3 is 5.32 Å². The number of pyridine rings is 2. The molecule has 2 heterocycles. The van der Waals surface area contributed by atoms with Gasteiger partial charge in [-0.15, -0.1) is 0 Å². The van der Waals surface area contributed by atoms with Crippen LogP contribution in [0.3, 0.4) is 0 Å². The van der Waals surface area contributed by atoms with Crippen molar-refractivity contribution in [3.8, 4) is 11.3 Å². The highest BCUT2D eigenvalue weighted by molar-refractivity contribution is 5.63. The zero-order chi connectivity index (χ0) is 13.0. The van der Waals surface area contributed by atoms with Crippen molar-refractivity contribution in [3.63, 3.8) is 0 Å². The molecule has 2 aromatic heterocycles. The van der Waals surface area contributed by atoms with Gasteiger partial charge >= 0.3 is 0 Å². The number of hydrogen-bond acceptors (Lipinski definition) is 3. The van der Waals surface area contributed by atoms with Crippen LogP contribution in [0.5, 0.6) is 0 Å². The molecule has 92 valence electrons. The minimum absolute atomic E-state index is 0.507. The summed E-state index contributed by atoms with van der Waals surface area (Å²) < 4.78 is 0. The molecule has 18 heavy (non-hydrogen) atoms. The van der Waals surface area contributed by atoms with Crippen LogP contribution in [-0.4, -0.2) is 16.4 Å². The predicted octanol–water partition coefficient (Wildman–Crippen LogP) is 2.01. The summed E-state index contributed by atoms with van der Waals surface area (Å²) in [5, 5.41) is 2.63. The Morgan fingerprint density at radius 3 is 2.78 bits per heavy atom. The molecule has 0 aliphatic heterocycles. The maximum absolute atomic E-state index is 10.3. The van der Waals surface area contributed by atoms with E-state index < -0.39 is 0 Å². The second kappa shape index (κ2) is 5.40. The molecule has 0 fully saturated rings. The largest absolute Gasteiger partial charge is 0.355 e. The second-order valence-corrected chi connectivity index (χ2v) is 4.19. The van der Waals surface area contributed by atoms with Crippen LogP contribution in [0, 0.1) is 13.8 Å². The molecule has 4 heteroatoms. The van der Waals surface area contributed by atoms with Gasteiger partial charge in [-0.25, -0.2) is 0 Å². The molecule has 1 amide bonds. The summed E-state index contributed by atoms with van der Waals surface area (Å²) >= 11 is 0. The van der Waals surface area contributed by atoms with Gasteiger partial charge in [0.05, 0.1) is 5.69 Å². The lowest BCUT2D eigenvalue weighted by Crippen LogP contribution is -2.10. The van der Waals surface area contributed by atoms with Crippen molar-refractivity contribution in [2.75, 3.05) is 0 Å². The summed E-state index contributed by atoms with van der Waals surface area (Å²) in [6.45, 7) is 4.48. The van der Waals surface area contributed by atoms with E-state index in [2.05, 4.69) is 15.3 Å². The van der Waals surface area contributed by atoms with Crippen LogP contribution in [-0.2, 0) is 11.3 Å². The topological polar surface area (TPSA) is 54.9 Å². The van der Waals surface area contributed by atoms with Gasteiger partial charge in [0.2, 0.25) is 6.41 Å². The summed E-state index contributed by atoms with van der Waals surface area (Å²) in [6, 6.07) is 6.00. The average Bonchev–Trinajstić information content (AvgIpc) is 2.36. The molecule has 1 N–H and O–H groups in total. The first-order valence-electron chi connectivity index (χ1n) is 5.76. The molecule has 0 bridgehead atoms. The third-order valence-electron chi connectivity index (χ3n) is 2.69. The normalized spacial score (nSPS) is 10.1. The van der Waals surface area contributed by atoms with Gasteiger partial charge in [0.1, 0.15) is 0 Å². The monoisotopic (exact) mass is 241 g/mol. The highest BCUT2D eigenvalue weighted by atomic mass is 16.1. The number of rotatable bonds is 4. The number of carbonyl (C=O) groups excluding carboxylic acids is 1. The van der Waals surface area contributed by atoms with Crippen LogP contribution in [0.4, 0.5) is 0 Å². The third kappa shape index (κ3) is 2.71. The maximum Gasteiger partial charge on any atom is 0.207 e. The van der Waals surface area contributed by atoms with E-state index >= 15 is 0 Å². The van der Waals surface area contributed by atoms with Crippen LogP contribution in [0.2, 0.25) is 0 Å². The molecule has 4 nitrogen and oxygen atoms in total. The average molecular weight is 241 g/mol. The molecular formula is C14H15N3O. The van der Waals surface area contributed by atoms with Crippen molar-refractivity contribution in [1.82, 2.24) is 15.3 Å². The number of aromatic nitrogens is 2. The Bertz CT molecular complexity index is 567. The molecule has 0 aromatic carbocycles. The summed E-state index contributed by atoms with van der Waals surface area (Å²) in [7, 11) is 0. The lowest BCUT2D eigenvalue weighted by Gasteiger charge is -2.08. The van der Waals surface area contributed by atoms with Crippen LogP contribution >= 0.6 is 0 Å². The van der Waals surface area contributed by atoms with Gasteiger partial charge in [-0.05, 0) is 37.1 Å². The maximum atomic E-state index is 10.3. The Balaban J connectivity index is 2.32. The van der Waals surface area contributed by atoms with Crippen molar-refractivity contribution in [2.24, 2.45) is 0 Å². The van der Waals surface area contributed by atoms with Gasteiger partial charge in [0.25, 0.3) is 0 Å². The van der Waals surface area contributed by atoms with Crippen molar-refractivity contribution in [2.45, 2.75) is 20.4 Å². The molecule has 2 rings (SSSR count). The van der Waals surface area contributed by atoms with Crippen LogP contribution in [0.25, 0.3) is 11.3 Å². The fraction of sp³-hybridized carbons (Fsp3) is 0.214. The number of carbonyl (C=O) groups is 1. The van der Waals surface area contributed by atoms with E-state index in [0.717, 1.165) is 28.1 Å². The molecule has 2 aromatic rings. The first-order valence-corrected chi connectivity index (χ1v) is 5.76. The van der Waals surface area contributed by atoms with Gasteiger partial charge in [0.15, 0.2) is 0 Å². The zero-order valence-corrected chi connectivity index (χ0v) is 10.5. The van der Waals surface area contributed by atoms with E-state index in [9.17, 15) is 4.79 Å². The summed E-state index contributed by atoms with van der Waals surface area (Å²) in [4.78, 5) is 18.9. The predicted molar refractivity (Wildman–Crippen MR) is 69.8 cm³/mol. The van der Waals surface area contributed by atoms with Crippen LogP contribution in [0.15, 0.2) is 30.6 Å². The molecular weight excluding hydrogens is 226 g/mol. The molecule has 0 radical (unpaired) electrons. The highest BCUT2D eigenvalue weighted by Crippen LogP contribution is 2.21. The van der Waals surface area contributed by atoms with Crippen LogP contribution < -0.4 is 5.32 Å². The minimum Gasteiger partial charge on any atom is -0.355 e. The SMILES string of the molecule is Cc1cc(-c2ncc(CNC=O)cc2C)ccn1. The fourth-order valence-electron chi connectivity index (χ4n) is 1.88. The van der Waals surface area contributed by atoms with E-state index in [4.69, 9.17) is 0 Å². The van der Waals surface area contributed by atoms with Crippen molar-refractivity contribution in [1.29, 1.82) is 0 Å². The quantitative estimate of drug-likeness (QED) is 0.833. The standard InChI is InChI=1S/C14H15N3O/c1-10-5-12(7-15-9-18)8-17-14(10)13-3-4-16-11(2)6-13/h3-6,8-9H,7H2,1-2H3,(H,15,18). The van der Waals surface area contributed by atoms with Crippen molar-refractivity contribution >= 4 is 6.41 Å². The second-order valence-electron chi connectivity index (χ2n) is 4.19. The molecule has 0 unspecified atom stereocenters. The van der Waals surface area contributed by atoms with E-state index in [-0.39, 0.29) is 0 Å². The lowest BCUT2D eigenvalue weighted by atomic mass is 10.1. The Morgan fingerprint density at radius 1 is 1.28 bits per heavy atom. The Kier molecular flexibility index (Phi) is 3.67. The first kappa shape index (κ1) is 12.2. The smallest absolute Gasteiger partial charge is 0.207 e. The highest BCUT2D eigenvalue weighted by Gasteiger charge is 2.05. The minimum atomic E-state index is 0.507. The number of nitrogens with zero attached hydrogens (tertiary/aromatic N) is 2. The summed E-state index contributed by atoms with van der Waals surface area (Å²) in [5.41, 5.74) is 5.07. The molecule has 0 aliphatic carbocycles. The van der Waals surface area contributed by atoms with E-state index in [1.54, 1.807) is 12.4 Å². The molecule has 0 saturated heterocycles. The van der Waals surface area contributed by atoms with E-state index in [0.29, 0.717) is 13.0 Å². The third-order valence-corrected chi connectivity index (χ3v) is 2.69. The molecule has 0 spiro atoms. The van der Waals surface area contributed by atoms with Gasteiger partial charge in [-0.2, -0.15) is 0 Å². The van der Waals surface area contributed by atoms with Crippen LogP contribution in [0.1, 0.15) is 16.8 Å².